The van der Waals surface area contributed by atoms with E-state index in [4.69, 9.17) is 15.4 Å². The number of nitrogens with two attached hydrogens (primary N) is 1. The summed E-state index contributed by atoms with van der Waals surface area (Å²) in [6.07, 6.45) is 0. The van der Waals surface area contributed by atoms with Crippen molar-refractivity contribution in [2.24, 2.45) is 0 Å². The summed E-state index contributed by atoms with van der Waals surface area (Å²) in [7, 11) is -4.48. The zero-order valence-electron chi connectivity index (χ0n) is 7.21. The first kappa shape index (κ1) is 11.8. The first-order valence-electron chi connectivity index (χ1n) is 3.56. The van der Waals surface area contributed by atoms with Gasteiger partial charge in [-0.05, 0) is 12.1 Å². The zero-order chi connectivity index (χ0) is 11.8. The molecule has 0 saturated heterocycles. The second-order valence-electron chi connectivity index (χ2n) is 2.69. The summed E-state index contributed by atoms with van der Waals surface area (Å²) in [5.74, 6) is -1.38. The molecule has 0 amide bonds. The van der Waals surface area contributed by atoms with Crippen LogP contribution in [0.5, 0.6) is 0 Å². The quantitative estimate of drug-likeness (QED) is 0.344. The number of carboxylic acid groups (broad SMARTS) is 1. The molecule has 8 heteroatoms. The summed E-state index contributed by atoms with van der Waals surface area (Å²) in [4.78, 5) is 10.1. The smallest absolute Gasteiger partial charge is 0.336 e. The van der Waals surface area contributed by atoms with Crippen molar-refractivity contribution in [1.29, 1.82) is 0 Å². The van der Waals surface area contributed by atoms with Gasteiger partial charge in [0.1, 0.15) is 0 Å². The van der Waals surface area contributed by atoms with Gasteiger partial charge in [0.15, 0.2) is 0 Å². The highest BCUT2D eigenvalue weighted by Gasteiger charge is 2.17. The van der Waals surface area contributed by atoms with Crippen LogP contribution in [-0.4, -0.2) is 24.0 Å². The molecule has 0 saturated carbocycles. The molecule has 1 aromatic carbocycles. The maximum Gasteiger partial charge on any atom is 0.336 e. The Bertz CT molecular complexity index is 522. The summed E-state index contributed by atoms with van der Waals surface area (Å²) in [6, 6.07) is 1.72. The molecule has 1 rings (SSSR count). The number of hydrogen-bond donors (Lipinski definition) is 4. The molecule has 0 aliphatic carbocycles. The maximum absolute atomic E-state index is 10.8. The van der Waals surface area contributed by atoms with Crippen molar-refractivity contribution in [3.63, 3.8) is 0 Å². The van der Waals surface area contributed by atoms with Crippen LogP contribution >= 0.6 is 12.6 Å². The first-order chi connectivity index (χ1) is 6.73. The number of benzene rings is 1. The minimum absolute atomic E-state index is 0.0464. The van der Waals surface area contributed by atoms with E-state index in [0.29, 0.717) is 0 Å². The predicted molar refractivity (Wildman–Crippen MR) is 54.9 cm³/mol. The van der Waals surface area contributed by atoms with Crippen molar-refractivity contribution < 1.29 is 22.9 Å². The van der Waals surface area contributed by atoms with Crippen LogP contribution in [0, 0.1) is 0 Å². The summed E-state index contributed by atoms with van der Waals surface area (Å²) in [5.41, 5.74) is 4.82. The monoisotopic (exact) mass is 249 g/mol. The molecule has 0 spiro atoms. The number of aromatic carboxylic acids is 1. The Kier molecular flexibility index (Phi) is 2.93. The molecule has 0 aromatic heterocycles. The third-order valence-electron chi connectivity index (χ3n) is 1.64. The summed E-state index contributed by atoms with van der Waals surface area (Å²) in [5, 5.41) is 8.70. The van der Waals surface area contributed by atoms with Crippen molar-refractivity contribution in [2.45, 2.75) is 9.79 Å². The SMILES string of the molecule is Nc1cc(S(=O)(=O)O)cc(C(=O)O)c1S. The molecule has 0 bridgehead atoms. The fourth-order valence-corrected chi connectivity index (χ4v) is 1.71. The van der Waals surface area contributed by atoms with E-state index in [2.05, 4.69) is 12.6 Å². The van der Waals surface area contributed by atoms with Crippen LogP contribution in [0.1, 0.15) is 10.4 Å². The molecule has 15 heavy (non-hydrogen) atoms. The lowest BCUT2D eigenvalue weighted by Gasteiger charge is -2.06. The minimum atomic E-state index is -4.48. The van der Waals surface area contributed by atoms with Gasteiger partial charge in [0.25, 0.3) is 10.1 Å². The predicted octanol–water partition coefficient (Wildman–Crippen LogP) is 0.502. The van der Waals surface area contributed by atoms with Gasteiger partial charge >= 0.3 is 5.97 Å². The summed E-state index contributed by atoms with van der Waals surface area (Å²) < 4.78 is 30.2. The van der Waals surface area contributed by atoms with Crippen LogP contribution < -0.4 is 5.73 Å². The molecule has 0 radical (unpaired) electrons. The van der Waals surface area contributed by atoms with Crippen LogP contribution in [0.4, 0.5) is 5.69 Å². The fourth-order valence-electron chi connectivity index (χ4n) is 0.941. The van der Waals surface area contributed by atoms with E-state index in [0.717, 1.165) is 12.1 Å². The van der Waals surface area contributed by atoms with E-state index in [-0.39, 0.29) is 16.1 Å². The highest BCUT2D eigenvalue weighted by Crippen LogP contribution is 2.25. The molecule has 0 fully saturated rings. The Morgan fingerprint density at radius 3 is 2.33 bits per heavy atom. The van der Waals surface area contributed by atoms with Gasteiger partial charge in [0.05, 0.1) is 10.5 Å². The van der Waals surface area contributed by atoms with Gasteiger partial charge in [-0.1, -0.05) is 0 Å². The van der Waals surface area contributed by atoms with Gasteiger partial charge in [-0.2, -0.15) is 8.42 Å². The minimum Gasteiger partial charge on any atom is -0.478 e. The number of thiol groups is 1. The lowest BCUT2D eigenvalue weighted by atomic mass is 10.2. The van der Waals surface area contributed by atoms with E-state index in [1.165, 1.54) is 0 Å². The van der Waals surface area contributed by atoms with E-state index < -0.39 is 21.0 Å². The molecular weight excluding hydrogens is 242 g/mol. The van der Waals surface area contributed by atoms with Crippen molar-refractivity contribution in [2.75, 3.05) is 5.73 Å². The number of rotatable bonds is 2. The normalized spacial score (nSPS) is 11.3. The average molecular weight is 249 g/mol. The third kappa shape index (κ3) is 2.41. The average Bonchev–Trinajstić information content (AvgIpc) is 2.06. The first-order valence-corrected chi connectivity index (χ1v) is 5.45. The number of anilines is 1. The standard InChI is InChI=1S/C7H7NO5S2/c8-5-2-3(15(11,12)13)1-4(6(5)14)7(9)10/h1-2,14H,8H2,(H,9,10)(H,11,12,13). The van der Waals surface area contributed by atoms with E-state index >= 15 is 0 Å². The van der Waals surface area contributed by atoms with Crippen LogP contribution in [0.2, 0.25) is 0 Å². The lowest BCUT2D eigenvalue weighted by Crippen LogP contribution is -2.06. The van der Waals surface area contributed by atoms with Crippen molar-refractivity contribution in [3.8, 4) is 0 Å². The van der Waals surface area contributed by atoms with Crippen LogP contribution in [0.25, 0.3) is 0 Å². The molecule has 0 aliphatic rings. The van der Waals surface area contributed by atoms with Crippen molar-refractivity contribution >= 4 is 34.4 Å². The number of carbonyl (C=O) groups is 1. The lowest BCUT2D eigenvalue weighted by molar-refractivity contribution is 0.0693. The summed E-state index contributed by atoms with van der Waals surface area (Å²) in [6.45, 7) is 0. The van der Waals surface area contributed by atoms with E-state index in [1.54, 1.807) is 0 Å². The Balaban J connectivity index is 3.57. The highest BCUT2D eigenvalue weighted by molar-refractivity contribution is 7.85. The second-order valence-corrected chi connectivity index (χ2v) is 4.56. The third-order valence-corrected chi connectivity index (χ3v) is 2.97. The van der Waals surface area contributed by atoms with Crippen LogP contribution in [0.3, 0.4) is 0 Å². The Labute approximate surface area is 90.9 Å². The van der Waals surface area contributed by atoms with Gasteiger partial charge in [-0.3, -0.25) is 4.55 Å². The molecule has 0 unspecified atom stereocenters. The topological polar surface area (TPSA) is 118 Å². The maximum atomic E-state index is 10.8. The molecule has 0 atom stereocenters. The van der Waals surface area contributed by atoms with Gasteiger partial charge in [-0.25, -0.2) is 4.79 Å². The fraction of sp³-hybridized carbons (Fsp3) is 0. The van der Waals surface area contributed by atoms with Crippen molar-refractivity contribution in [1.82, 2.24) is 0 Å². The van der Waals surface area contributed by atoms with Gasteiger partial charge in [0, 0.05) is 10.6 Å². The zero-order valence-corrected chi connectivity index (χ0v) is 8.92. The molecule has 82 valence electrons. The Morgan fingerprint density at radius 1 is 1.40 bits per heavy atom. The molecular formula is C7H7NO5S2. The largest absolute Gasteiger partial charge is 0.478 e. The van der Waals surface area contributed by atoms with Crippen LogP contribution in [0.15, 0.2) is 21.9 Å². The molecule has 6 nitrogen and oxygen atoms in total. The molecule has 1 aromatic rings. The van der Waals surface area contributed by atoms with Gasteiger partial charge < -0.3 is 10.8 Å². The molecule has 0 aliphatic heterocycles. The number of hydrogen-bond acceptors (Lipinski definition) is 5. The summed E-state index contributed by atoms with van der Waals surface area (Å²) >= 11 is 3.81. The van der Waals surface area contributed by atoms with E-state index in [9.17, 15) is 13.2 Å². The Hall–Kier alpha value is -1.25. The van der Waals surface area contributed by atoms with Gasteiger partial charge in [0.2, 0.25) is 0 Å². The number of nitrogen functional groups attached to an aromatic ring is 1. The van der Waals surface area contributed by atoms with Crippen LogP contribution in [-0.2, 0) is 10.1 Å². The second kappa shape index (κ2) is 3.72. The van der Waals surface area contributed by atoms with Crippen molar-refractivity contribution in [3.05, 3.63) is 17.7 Å². The molecule has 4 N–H and O–H groups in total. The van der Waals surface area contributed by atoms with Gasteiger partial charge in [-0.15, -0.1) is 12.6 Å². The number of carboxylic acids is 1. The highest BCUT2D eigenvalue weighted by atomic mass is 32.2. The molecule has 0 heterocycles. The Morgan fingerprint density at radius 2 is 1.93 bits per heavy atom. The van der Waals surface area contributed by atoms with E-state index in [1.807, 2.05) is 0 Å².